The molecule has 38 heavy (non-hydrogen) atoms. The van der Waals surface area contributed by atoms with Crippen LogP contribution in [-0.4, -0.2) is 90.5 Å². The fourth-order valence-corrected chi connectivity index (χ4v) is 3.51. The number of hydrogen-bond donors (Lipinski definition) is 9. The van der Waals surface area contributed by atoms with E-state index in [9.17, 15) is 29.1 Å². The molecule has 0 aliphatic rings. The topological polar surface area (TPSA) is 271 Å². The van der Waals surface area contributed by atoms with Crippen LogP contribution in [0.3, 0.4) is 0 Å². The number of aromatic amines is 2. The molecule has 0 aromatic carbocycles. The van der Waals surface area contributed by atoms with Crippen LogP contribution in [0.15, 0.2) is 25.0 Å². The zero-order valence-corrected chi connectivity index (χ0v) is 20.6. The minimum absolute atomic E-state index is 0.111. The lowest BCUT2D eigenvalue weighted by Crippen LogP contribution is -2.58. The summed E-state index contributed by atoms with van der Waals surface area (Å²) in [6.07, 6.45) is 6.16. The molecular formula is C22H33N9O7. The van der Waals surface area contributed by atoms with Crippen molar-refractivity contribution < 1.29 is 34.2 Å². The summed E-state index contributed by atoms with van der Waals surface area (Å²) in [5.41, 5.74) is 12.6. The van der Waals surface area contributed by atoms with Crippen molar-refractivity contribution in [2.45, 2.75) is 62.7 Å². The van der Waals surface area contributed by atoms with Crippen LogP contribution < -0.4 is 27.4 Å². The summed E-state index contributed by atoms with van der Waals surface area (Å²) >= 11 is 0. The molecule has 0 aliphatic heterocycles. The zero-order valence-electron chi connectivity index (χ0n) is 20.6. The van der Waals surface area contributed by atoms with E-state index in [-0.39, 0.29) is 19.3 Å². The second kappa shape index (κ2) is 15.1. The van der Waals surface area contributed by atoms with Crippen molar-refractivity contribution >= 4 is 29.7 Å². The molecule has 2 heterocycles. The van der Waals surface area contributed by atoms with E-state index < -0.39 is 60.2 Å². The summed E-state index contributed by atoms with van der Waals surface area (Å²) < 4.78 is 0. The average Bonchev–Trinajstić information content (AvgIpc) is 3.56. The summed E-state index contributed by atoms with van der Waals surface area (Å²) in [6, 6.07) is -5.10. The fourth-order valence-electron chi connectivity index (χ4n) is 3.51. The van der Waals surface area contributed by atoms with Crippen LogP contribution in [-0.2, 0) is 36.8 Å². The van der Waals surface area contributed by atoms with E-state index in [2.05, 4.69) is 35.9 Å². The van der Waals surface area contributed by atoms with Gasteiger partial charge in [0.1, 0.15) is 18.1 Å². The van der Waals surface area contributed by atoms with Crippen molar-refractivity contribution in [3.63, 3.8) is 0 Å². The Balaban J connectivity index is 2.16. The number of rotatable bonds is 17. The van der Waals surface area contributed by atoms with Crippen LogP contribution in [0.2, 0.25) is 0 Å². The molecule has 0 saturated heterocycles. The number of aliphatic carboxylic acids is 2. The van der Waals surface area contributed by atoms with E-state index in [4.69, 9.17) is 16.6 Å². The minimum atomic E-state index is -1.72. The third-order valence-electron chi connectivity index (χ3n) is 5.52. The predicted molar refractivity (Wildman–Crippen MR) is 131 cm³/mol. The second-order valence-electron chi connectivity index (χ2n) is 8.57. The molecule has 2 aromatic rings. The first-order valence-corrected chi connectivity index (χ1v) is 11.9. The van der Waals surface area contributed by atoms with Gasteiger partial charge in [-0.3, -0.25) is 19.2 Å². The van der Waals surface area contributed by atoms with E-state index >= 15 is 0 Å². The number of nitrogens with one attached hydrogen (secondary N) is 5. The predicted octanol–water partition coefficient (Wildman–Crippen LogP) is -2.61. The highest BCUT2D eigenvalue weighted by Crippen LogP contribution is 2.06. The Kier molecular flexibility index (Phi) is 11.9. The normalized spacial score (nSPS) is 14.1. The van der Waals surface area contributed by atoms with Gasteiger partial charge >= 0.3 is 11.9 Å². The number of carboxylic acids is 2. The molecule has 0 fully saturated rings. The van der Waals surface area contributed by atoms with Gasteiger partial charge in [0.05, 0.1) is 25.1 Å². The summed E-state index contributed by atoms with van der Waals surface area (Å²) in [5, 5.41) is 25.5. The number of nitrogens with two attached hydrogens (primary N) is 2. The monoisotopic (exact) mass is 535 g/mol. The number of imidazole rings is 2. The fraction of sp³-hybridized carbons (Fsp3) is 0.500. The zero-order chi connectivity index (χ0) is 28.1. The summed E-state index contributed by atoms with van der Waals surface area (Å²) in [6.45, 7) is 0.368. The average molecular weight is 536 g/mol. The number of unbranched alkanes of at least 4 members (excludes halogenated alkanes) is 1. The molecule has 0 saturated carbocycles. The molecule has 2 rings (SSSR count). The number of carbonyl (C=O) groups excluding carboxylic acids is 3. The number of amides is 3. The van der Waals surface area contributed by atoms with Crippen LogP contribution in [0.5, 0.6) is 0 Å². The molecule has 4 unspecified atom stereocenters. The Morgan fingerprint density at radius 2 is 1.37 bits per heavy atom. The van der Waals surface area contributed by atoms with Gasteiger partial charge < -0.3 is 47.6 Å². The van der Waals surface area contributed by atoms with Crippen molar-refractivity contribution in [3.05, 3.63) is 36.4 Å². The molecule has 3 amide bonds. The molecule has 0 radical (unpaired) electrons. The lowest BCUT2D eigenvalue weighted by atomic mass is 10.0. The van der Waals surface area contributed by atoms with Crippen molar-refractivity contribution in [2.24, 2.45) is 11.5 Å². The van der Waals surface area contributed by atoms with Crippen LogP contribution in [0.4, 0.5) is 0 Å². The van der Waals surface area contributed by atoms with E-state index in [1.165, 1.54) is 25.0 Å². The van der Waals surface area contributed by atoms with Gasteiger partial charge in [-0.15, -0.1) is 0 Å². The molecule has 2 aromatic heterocycles. The standard InChI is InChI=1S/C22H33N9O7/c23-4-2-1-3-15(29-19(34)14(24)5-12-8-25-10-27-12)20(35)30-16(6-13-9-26-11-28-13)21(36)31-17(22(37)38)7-18(32)33/h8-11,14-17H,1-7,23-24H2,(H,25,27)(H,26,28)(H,29,34)(H,30,35)(H,31,36)(H,32,33)(H,37,38). The summed E-state index contributed by atoms with van der Waals surface area (Å²) in [4.78, 5) is 74.7. The number of H-pyrrole nitrogens is 2. The van der Waals surface area contributed by atoms with Crippen molar-refractivity contribution in [1.82, 2.24) is 35.9 Å². The molecular weight excluding hydrogens is 502 g/mol. The molecule has 0 aliphatic carbocycles. The van der Waals surface area contributed by atoms with Crippen LogP contribution >= 0.6 is 0 Å². The Hall–Kier alpha value is -4.31. The summed E-state index contributed by atoms with van der Waals surface area (Å²) in [7, 11) is 0. The number of carboxylic acid groups (broad SMARTS) is 2. The van der Waals surface area contributed by atoms with Crippen LogP contribution in [0.1, 0.15) is 37.1 Å². The highest BCUT2D eigenvalue weighted by molar-refractivity contribution is 5.94. The third-order valence-corrected chi connectivity index (χ3v) is 5.52. The van der Waals surface area contributed by atoms with Gasteiger partial charge in [0.15, 0.2) is 0 Å². The van der Waals surface area contributed by atoms with Crippen molar-refractivity contribution in [2.75, 3.05) is 6.54 Å². The largest absolute Gasteiger partial charge is 0.481 e. The van der Waals surface area contributed by atoms with Gasteiger partial charge in [-0.1, -0.05) is 0 Å². The lowest BCUT2D eigenvalue weighted by molar-refractivity contribution is -0.147. The molecule has 11 N–H and O–H groups in total. The molecule has 16 nitrogen and oxygen atoms in total. The molecule has 0 bridgehead atoms. The Morgan fingerprint density at radius 1 is 0.816 bits per heavy atom. The maximum atomic E-state index is 13.2. The van der Waals surface area contributed by atoms with Gasteiger partial charge in [-0.05, 0) is 25.8 Å². The van der Waals surface area contributed by atoms with E-state index in [0.29, 0.717) is 30.8 Å². The number of hydrogen-bond acceptors (Lipinski definition) is 9. The Morgan fingerprint density at radius 3 is 1.89 bits per heavy atom. The van der Waals surface area contributed by atoms with Gasteiger partial charge in [0, 0.05) is 36.6 Å². The minimum Gasteiger partial charge on any atom is -0.481 e. The highest BCUT2D eigenvalue weighted by atomic mass is 16.4. The van der Waals surface area contributed by atoms with Crippen LogP contribution in [0, 0.1) is 0 Å². The SMILES string of the molecule is NCCCCC(NC(=O)C(N)Cc1cnc[nH]1)C(=O)NC(Cc1cnc[nH]1)C(=O)NC(CC(=O)O)C(=O)O. The molecule has 0 spiro atoms. The van der Waals surface area contributed by atoms with Gasteiger partial charge in [0.2, 0.25) is 17.7 Å². The van der Waals surface area contributed by atoms with Crippen LogP contribution in [0.25, 0.3) is 0 Å². The second-order valence-corrected chi connectivity index (χ2v) is 8.57. The maximum Gasteiger partial charge on any atom is 0.326 e. The van der Waals surface area contributed by atoms with E-state index in [0.717, 1.165) is 0 Å². The number of aromatic nitrogens is 4. The van der Waals surface area contributed by atoms with E-state index in [1.54, 1.807) is 0 Å². The first kappa shape index (κ1) is 29.9. The Bertz CT molecular complexity index is 1060. The number of nitrogens with zero attached hydrogens (tertiary/aromatic N) is 2. The Labute approximate surface area is 217 Å². The third kappa shape index (κ3) is 9.98. The lowest BCUT2D eigenvalue weighted by Gasteiger charge is -2.25. The van der Waals surface area contributed by atoms with Gasteiger partial charge in [-0.2, -0.15) is 0 Å². The molecule has 16 heteroatoms. The molecule has 208 valence electrons. The summed E-state index contributed by atoms with van der Waals surface area (Å²) in [5.74, 6) is -5.22. The first-order chi connectivity index (χ1) is 18.1. The van der Waals surface area contributed by atoms with Crippen molar-refractivity contribution in [1.29, 1.82) is 0 Å². The van der Waals surface area contributed by atoms with Gasteiger partial charge in [0.25, 0.3) is 0 Å². The quantitative estimate of drug-likeness (QED) is 0.0946. The number of carbonyl (C=O) groups is 5. The first-order valence-electron chi connectivity index (χ1n) is 11.9. The maximum absolute atomic E-state index is 13.2. The van der Waals surface area contributed by atoms with Gasteiger partial charge in [-0.25, -0.2) is 14.8 Å². The smallest absolute Gasteiger partial charge is 0.326 e. The van der Waals surface area contributed by atoms with Crippen molar-refractivity contribution in [3.8, 4) is 0 Å². The highest BCUT2D eigenvalue weighted by Gasteiger charge is 2.31. The molecule has 4 atom stereocenters. The van der Waals surface area contributed by atoms with E-state index in [1.807, 2.05) is 0 Å².